The van der Waals surface area contributed by atoms with Gasteiger partial charge in [0.1, 0.15) is 0 Å². The van der Waals surface area contributed by atoms with Crippen LogP contribution in [-0.2, 0) is 11.2 Å². The van der Waals surface area contributed by atoms with Gasteiger partial charge in [-0.3, -0.25) is 4.79 Å². The monoisotopic (exact) mass is 244 g/mol. The van der Waals surface area contributed by atoms with E-state index < -0.39 is 0 Å². The summed E-state index contributed by atoms with van der Waals surface area (Å²) in [6.07, 6.45) is 4.31. The van der Waals surface area contributed by atoms with Crippen molar-refractivity contribution in [2.45, 2.75) is 44.7 Å². The molecule has 2 atom stereocenters. The Morgan fingerprint density at radius 2 is 2.17 bits per heavy atom. The highest BCUT2D eigenvalue weighted by molar-refractivity contribution is 5.99. The van der Waals surface area contributed by atoms with Crippen molar-refractivity contribution in [1.29, 1.82) is 0 Å². The second kappa shape index (κ2) is 4.73. The summed E-state index contributed by atoms with van der Waals surface area (Å²) in [6.45, 7) is 3.11. The van der Waals surface area contributed by atoms with Crippen LogP contribution in [0.4, 0.5) is 5.69 Å². The van der Waals surface area contributed by atoms with Crippen molar-refractivity contribution >= 4 is 11.6 Å². The van der Waals surface area contributed by atoms with Crippen LogP contribution in [0.15, 0.2) is 24.3 Å². The van der Waals surface area contributed by atoms with Crippen LogP contribution in [0.1, 0.15) is 31.7 Å². The van der Waals surface area contributed by atoms with Gasteiger partial charge >= 0.3 is 0 Å². The number of amides is 1. The van der Waals surface area contributed by atoms with E-state index in [9.17, 15) is 4.79 Å². The fourth-order valence-corrected chi connectivity index (χ4v) is 3.13. The Kier molecular flexibility index (Phi) is 3.08. The van der Waals surface area contributed by atoms with Crippen LogP contribution in [-0.4, -0.2) is 24.5 Å². The predicted molar refractivity (Wildman–Crippen MR) is 72.7 cm³/mol. The Morgan fingerprint density at radius 3 is 2.94 bits per heavy atom. The number of benzene rings is 1. The average molecular weight is 244 g/mol. The normalized spacial score (nSPS) is 27.1. The smallest absolute Gasteiger partial charge is 0.244 e. The van der Waals surface area contributed by atoms with Gasteiger partial charge in [0.15, 0.2) is 0 Å². The van der Waals surface area contributed by atoms with Crippen molar-refractivity contribution in [2.75, 3.05) is 11.4 Å². The molecule has 1 saturated heterocycles. The number of para-hydroxylation sites is 1. The van der Waals surface area contributed by atoms with Crippen LogP contribution in [0, 0.1) is 0 Å². The third-order valence-electron chi connectivity index (χ3n) is 4.05. The first-order valence-electron chi connectivity index (χ1n) is 6.92. The Morgan fingerprint density at radius 1 is 1.33 bits per heavy atom. The number of carbonyl (C=O) groups is 1. The van der Waals surface area contributed by atoms with Gasteiger partial charge in [0.25, 0.3) is 0 Å². The molecule has 3 heteroatoms. The number of nitrogens with one attached hydrogen (secondary N) is 1. The number of rotatable bonds is 1. The second-order valence-corrected chi connectivity index (χ2v) is 5.39. The SMILES string of the molecule is CC1Cc2ccccc2N1C(=O)C1CCCCN1. The molecule has 0 radical (unpaired) electrons. The number of hydrogen-bond acceptors (Lipinski definition) is 2. The van der Waals surface area contributed by atoms with Crippen LogP contribution < -0.4 is 10.2 Å². The molecule has 1 aromatic carbocycles. The molecule has 0 spiro atoms. The van der Waals surface area contributed by atoms with Gasteiger partial charge in [-0.25, -0.2) is 0 Å². The summed E-state index contributed by atoms with van der Waals surface area (Å²) in [4.78, 5) is 14.6. The third-order valence-corrected chi connectivity index (χ3v) is 4.05. The lowest BCUT2D eigenvalue weighted by Crippen LogP contribution is -2.50. The minimum atomic E-state index is 0.0207. The predicted octanol–water partition coefficient (Wildman–Crippen LogP) is 2.11. The number of carbonyl (C=O) groups excluding carboxylic acids is 1. The Balaban J connectivity index is 1.85. The summed E-state index contributed by atoms with van der Waals surface area (Å²) in [5.41, 5.74) is 2.41. The minimum Gasteiger partial charge on any atom is -0.308 e. The fourth-order valence-electron chi connectivity index (χ4n) is 3.13. The third kappa shape index (κ3) is 1.93. The van der Waals surface area contributed by atoms with Crippen molar-refractivity contribution in [1.82, 2.24) is 5.32 Å². The maximum absolute atomic E-state index is 12.6. The van der Waals surface area contributed by atoms with Crippen LogP contribution in [0.5, 0.6) is 0 Å². The van der Waals surface area contributed by atoms with Crippen molar-refractivity contribution in [3.05, 3.63) is 29.8 Å². The lowest BCUT2D eigenvalue weighted by Gasteiger charge is -2.30. The lowest BCUT2D eigenvalue weighted by molar-refractivity contribution is -0.121. The van der Waals surface area contributed by atoms with Gasteiger partial charge in [0, 0.05) is 11.7 Å². The van der Waals surface area contributed by atoms with E-state index in [1.54, 1.807) is 0 Å². The summed E-state index contributed by atoms with van der Waals surface area (Å²) < 4.78 is 0. The molecule has 2 heterocycles. The van der Waals surface area contributed by atoms with E-state index >= 15 is 0 Å². The van der Waals surface area contributed by atoms with Crippen molar-refractivity contribution < 1.29 is 4.79 Å². The van der Waals surface area contributed by atoms with Gasteiger partial charge in [0.2, 0.25) is 5.91 Å². The maximum Gasteiger partial charge on any atom is 0.244 e. The first-order chi connectivity index (χ1) is 8.77. The van der Waals surface area contributed by atoms with Crippen molar-refractivity contribution in [2.24, 2.45) is 0 Å². The molecule has 0 aromatic heterocycles. The van der Waals surface area contributed by atoms with Gasteiger partial charge in [0.05, 0.1) is 6.04 Å². The number of anilines is 1. The molecule has 0 saturated carbocycles. The molecular weight excluding hydrogens is 224 g/mol. The van der Waals surface area contributed by atoms with Crippen LogP contribution in [0.25, 0.3) is 0 Å². The second-order valence-electron chi connectivity index (χ2n) is 5.39. The molecule has 96 valence electrons. The summed E-state index contributed by atoms with van der Waals surface area (Å²) in [5, 5.41) is 3.36. The summed E-state index contributed by atoms with van der Waals surface area (Å²) >= 11 is 0. The molecule has 1 amide bonds. The molecule has 18 heavy (non-hydrogen) atoms. The molecule has 2 aliphatic rings. The summed E-state index contributed by atoms with van der Waals surface area (Å²) in [6, 6.07) is 8.59. The van der Waals surface area contributed by atoms with Crippen LogP contribution in [0.3, 0.4) is 0 Å². The van der Waals surface area contributed by atoms with E-state index in [-0.39, 0.29) is 11.9 Å². The van der Waals surface area contributed by atoms with Crippen LogP contribution in [0.2, 0.25) is 0 Å². The largest absolute Gasteiger partial charge is 0.308 e. The maximum atomic E-state index is 12.6. The first kappa shape index (κ1) is 11.7. The zero-order valence-corrected chi connectivity index (χ0v) is 10.9. The van der Waals surface area contributed by atoms with Gasteiger partial charge in [-0.1, -0.05) is 24.6 Å². The van der Waals surface area contributed by atoms with E-state index in [4.69, 9.17) is 0 Å². The summed E-state index contributed by atoms with van der Waals surface area (Å²) in [7, 11) is 0. The number of fused-ring (bicyclic) bond motifs is 1. The zero-order valence-electron chi connectivity index (χ0n) is 10.9. The summed E-state index contributed by atoms with van der Waals surface area (Å²) in [5.74, 6) is 0.257. The average Bonchev–Trinajstić information content (AvgIpc) is 2.75. The molecule has 0 aliphatic carbocycles. The van der Waals surface area contributed by atoms with Gasteiger partial charge in [-0.05, 0) is 44.4 Å². The number of piperidine rings is 1. The topological polar surface area (TPSA) is 32.3 Å². The molecular formula is C15H20N2O. The first-order valence-corrected chi connectivity index (χ1v) is 6.92. The number of hydrogen-bond donors (Lipinski definition) is 1. The van der Waals surface area contributed by atoms with Crippen molar-refractivity contribution in [3.63, 3.8) is 0 Å². The van der Waals surface area contributed by atoms with E-state index in [2.05, 4.69) is 30.4 Å². The van der Waals surface area contributed by atoms with E-state index in [0.29, 0.717) is 6.04 Å². The fraction of sp³-hybridized carbons (Fsp3) is 0.533. The van der Waals surface area contributed by atoms with Crippen molar-refractivity contribution in [3.8, 4) is 0 Å². The molecule has 3 rings (SSSR count). The molecule has 1 fully saturated rings. The van der Waals surface area contributed by atoms with Crippen LogP contribution >= 0.6 is 0 Å². The van der Waals surface area contributed by atoms with E-state index in [0.717, 1.165) is 31.5 Å². The van der Waals surface area contributed by atoms with E-state index in [1.807, 2.05) is 11.0 Å². The van der Waals surface area contributed by atoms with E-state index in [1.165, 1.54) is 12.0 Å². The Labute approximate surface area is 108 Å². The zero-order chi connectivity index (χ0) is 12.5. The standard InChI is InChI=1S/C15H20N2O/c1-11-10-12-6-2-3-8-14(12)17(11)15(18)13-7-4-5-9-16-13/h2-3,6,8,11,13,16H,4-5,7,9-10H2,1H3. The molecule has 2 unspecified atom stereocenters. The molecule has 1 aromatic rings. The molecule has 0 bridgehead atoms. The highest BCUT2D eigenvalue weighted by atomic mass is 16.2. The quantitative estimate of drug-likeness (QED) is 0.820. The van der Waals surface area contributed by atoms with Gasteiger partial charge < -0.3 is 10.2 Å². The highest BCUT2D eigenvalue weighted by Gasteiger charge is 2.34. The lowest BCUT2D eigenvalue weighted by atomic mass is 10.0. The minimum absolute atomic E-state index is 0.0207. The molecule has 1 N–H and O–H groups in total. The highest BCUT2D eigenvalue weighted by Crippen LogP contribution is 2.32. The van der Waals surface area contributed by atoms with Gasteiger partial charge in [-0.15, -0.1) is 0 Å². The number of nitrogens with zero attached hydrogens (tertiary/aromatic N) is 1. The Bertz CT molecular complexity index is 452. The molecule has 3 nitrogen and oxygen atoms in total. The van der Waals surface area contributed by atoms with Gasteiger partial charge in [-0.2, -0.15) is 0 Å². The Hall–Kier alpha value is -1.35. The molecule has 2 aliphatic heterocycles.